The fourth-order valence-electron chi connectivity index (χ4n) is 2.72. The molecule has 1 aliphatic rings. The molecule has 1 unspecified atom stereocenters. The summed E-state index contributed by atoms with van der Waals surface area (Å²) in [7, 11) is 0. The molecule has 112 valence electrons. The molecule has 1 aliphatic heterocycles. The van der Waals surface area contributed by atoms with Crippen LogP contribution in [-0.2, 0) is 9.59 Å². The first kappa shape index (κ1) is 14.4. The van der Waals surface area contributed by atoms with E-state index < -0.39 is 23.8 Å². The molecule has 0 radical (unpaired) electrons. The van der Waals surface area contributed by atoms with E-state index in [4.69, 9.17) is 16.3 Å². The van der Waals surface area contributed by atoms with Crippen LogP contribution in [0.1, 0.15) is 17.0 Å². The Labute approximate surface area is 130 Å². The van der Waals surface area contributed by atoms with Crippen LogP contribution in [0.5, 0.6) is 11.5 Å². The highest BCUT2D eigenvalue weighted by Crippen LogP contribution is 2.48. The topological polar surface area (TPSA) is 83.8 Å². The molecule has 0 fully saturated rings. The van der Waals surface area contributed by atoms with Crippen molar-refractivity contribution < 1.29 is 24.5 Å². The van der Waals surface area contributed by atoms with Gasteiger partial charge in [-0.25, -0.2) is 0 Å². The maximum Gasteiger partial charge on any atom is 0.318 e. The van der Waals surface area contributed by atoms with Crippen molar-refractivity contribution in [2.45, 2.75) is 5.92 Å². The Morgan fingerprint density at radius 2 is 1.64 bits per heavy atom. The summed E-state index contributed by atoms with van der Waals surface area (Å²) in [6.45, 7) is 0. The molecule has 1 atom stereocenters. The summed E-state index contributed by atoms with van der Waals surface area (Å²) in [5.41, 5.74) is 0.980. The third kappa shape index (κ3) is 2.29. The number of para-hydroxylation sites is 1. The Morgan fingerprint density at radius 3 is 2.32 bits per heavy atom. The van der Waals surface area contributed by atoms with E-state index in [1.54, 1.807) is 42.5 Å². The van der Waals surface area contributed by atoms with Crippen molar-refractivity contribution in [1.82, 2.24) is 0 Å². The van der Waals surface area contributed by atoms with Crippen LogP contribution in [0.4, 0.5) is 0 Å². The maximum absolute atomic E-state index is 11.5. The van der Waals surface area contributed by atoms with Gasteiger partial charge in [0, 0.05) is 22.1 Å². The molecule has 2 N–H and O–H groups in total. The number of carbonyl (C=O) groups is 2. The van der Waals surface area contributed by atoms with Gasteiger partial charge in [0.1, 0.15) is 11.5 Å². The van der Waals surface area contributed by atoms with Crippen LogP contribution in [0.15, 0.2) is 42.5 Å². The second-order valence-electron chi connectivity index (χ2n) is 4.95. The van der Waals surface area contributed by atoms with Gasteiger partial charge in [-0.2, -0.15) is 0 Å². The number of ether oxygens (including phenoxy) is 1. The van der Waals surface area contributed by atoms with Crippen LogP contribution >= 0.6 is 11.6 Å². The predicted molar refractivity (Wildman–Crippen MR) is 78.6 cm³/mol. The molecule has 2 aromatic rings. The van der Waals surface area contributed by atoms with Gasteiger partial charge < -0.3 is 14.9 Å². The van der Waals surface area contributed by atoms with Crippen LogP contribution < -0.4 is 4.74 Å². The fraction of sp³-hybridized carbons (Fsp3) is 0.125. The van der Waals surface area contributed by atoms with Gasteiger partial charge in [0.2, 0.25) is 0 Å². The summed E-state index contributed by atoms with van der Waals surface area (Å²) >= 11 is 5.98. The highest BCUT2D eigenvalue weighted by molar-refractivity contribution is 6.30. The SMILES string of the molecule is O=C(O)C(C(=O)O)C1c2ccccc2Oc2ccc(Cl)cc21. The number of rotatable bonds is 3. The fourth-order valence-corrected chi connectivity index (χ4v) is 2.90. The summed E-state index contributed by atoms with van der Waals surface area (Å²) in [6.07, 6.45) is 0. The molecule has 2 aromatic carbocycles. The van der Waals surface area contributed by atoms with Crippen LogP contribution in [0.3, 0.4) is 0 Å². The molecule has 6 heteroatoms. The lowest BCUT2D eigenvalue weighted by molar-refractivity contribution is -0.155. The van der Waals surface area contributed by atoms with Gasteiger partial charge in [-0.15, -0.1) is 0 Å². The Morgan fingerprint density at radius 1 is 1.00 bits per heavy atom. The van der Waals surface area contributed by atoms with Gasteiger partial charge in [-0.05, 0) is 24.3 Å². The van der Waals surface area contributed by atoms with E-state index >= 15 is 0 Å². The first-order valence-electron chi connectivity index (χ1n) is 6.51. The summed E-state index contributed by atoms with van der Waals surface area (Å²) in [5, 5.41) is 19.1. The number of aliphatic carboxylic acids is 2. The molecule has 0 bridgehead atoms. The standard InChI is InChI=1S/C16H11ClO5/c17-8-5-6-12-10(7-8)13(14(15(18)19)16(20)21)9-3-1-2-4-11(9)22-12/h1-7,13-14H,(H,18,19)(H,20,21). The number of halogens is 1. The summed E-state index contributed by atoms with van der Waals surface area (Å²) in [5.74, 6) is -4.42. The molecular weight excluding hydrogens is 308 g/mol. The molecule has 0 spiro atoms. The van der Waals surface area contributed by atoms with Crippen molar-refractivity contribution in [3.63, 3.8) is 0 Å². The lowest BCUT2D eigenvalue weighted by Crippen LogP contribution is -2.32. The predicted octanol–water partition coefficient (Wildman–Crippen LogP) is 3.36. The summed E-state index contributed by atoms with van der Waals surface area (Å²) in [4.78, 5) is 23.0. The lowest BCUT2D eigenvalue weighted by atomic mass is 9.78. The Balaban J connectivity index is 2.25. The third-order valence-electron chi connectivity index (χ3n) is 3.65. The second kappa shape index (κ2) is 5.35. The van der Waals surface area contributed by atoms with Gasteiger partial charge in [0.05, 0.1) is 0 Å². The minimum Gasteiger partial charge on any atom is -0.481 e. The van der Waals surface area contributed by atoms with Crippen LogP contribution in [0, 0.1) is 5.92 Å². The number of carboxylic acid groups (broad SMARTS) is 2. The highest BCUT2D eigenvalue weighted by Gasteiger charge is 2.41. The number of hydrogen-bond acceptors (Lipinski definition) is 3. The van der Waals surface area contributed by atoms with Crippen LogP contribution in [0.2, 0.25) is 5.02 Å². The van der Waals surface area contributed by atoms with Crippen LogP contribution in [0.25, 0.3) is 0 Å². The largest absolute Gasteiger partial charge is 0.481 e. The Hall–Kier alpha value is -2.53. The van der Waals surface area contributed by atoms with E-state index in [0.717, 1.165) is 0 Å². The molecule has 0 aromatic heterocycles. The smallest absolute Gasteiger partial charge is 0.318 e. The first-order chi connectivity index (χ1) is 10.5. The van der Waals surface area contributed by atoms with Crippen molar-refractivity contribution >= 4 is 23.5 Å². The zero-order valence-electron chi connectivity index (χ0n) is 11.2. The lowest BCUT2D eigenvalue weighted by Gasteiger charge is -2.30. The zero-order valence-corrected chi connectivity index (χ0v) is 11.9. The van der Waals surface area contributed by atoms with Crippen molar-refractivity contribution in [1.29, 1.82) is 0 Å². The molecule has 0 aliphatic carbocycles. The van der Waals surface area contributed by atoms with E-state index in [2.05, 4.69) is 0 Å². The van der Waals surface area contributed by atoms with Gasteiger partial charge in [-0.3, -0.25) is 9.59 Å². The van der Waals surface area contributed by atoms with E-state index in [1.807, 2.05) is 0 Å². The minimum atomic E-state index is -1.62. The van der Waals surface area contributed by atoms with Crippen molar-refractivity contribution in [2.75, 3.05) is 0 Å². The van der Waals surface area contributed by atoms with Gasteiger partial charge in [0.25, 0.3) is 0 Å². The van der Waals surface area contributed by atoms with Gasteiger partial charge in [-0.1, -0.05) is 29.8 Å². The average molecular weight is 319 g/mol. The molecule has 1 heterocycles. The average Bonchev–Trinajstić information content (AvgIpc) is 2.46. The van der Waals surface area contributed by atoms with Crippen LogP contribution in [-0.4, -0.2) is 22.2 Å². The van der Waals surface area contributed by atoms with Gasteiger partial charge in [0.15, 0.2) is 5.92 Å². The summed E-state index contributed by atoms with van der Waals surface area (Å²) in [6, 6.07) is 11.6. The first-order valence-corrected chi connectivity index (χ1v) is 6.88. The highest BCUT2D eigenvalue weighted by atomic mass is 35.5. The van der Waals surface area contributed by atoms with E-state index in [9.17, 15) is 19.8 Å². The molecule has 22 heavy (non-hydrogen) atoms. The van der Waals surface area contributed by atoms with E-state index in [-0.39, 0.29) is 0 Å². The third-order valence-corrected chi connectivity index (χ3v) is 3.88. The molecule has 5 nitrogen and oxygen atoms in total. The molecule has 0 saturated carbocycles. The molecule has 0 saturated heterocycles. The zero-order chi connectivity index (χ0) is 15.9. The van der Waals surface area contributed by atoms with Crippen molar-refractivity contribution in [2.24, 2.45) is 5.92 Å². The number of fused-ring (bicyclic) bond motifs is 2. The normalized spacial score (nSPS) is 15.6. The Bertz CT molecular complexity index is 757. The number of benzene rings is 2. The molecule has 0 amide bonds. The van der Waals surface area contributed by atoms with E-state index in [0.29, 0.717) is 27.6 Å². The quantitative estimate of drug-likeness (QED) is 0.848. The Kier molecular flexibility index (Phi) is 3.50. The minimum absolute atomic E-state index is 0.390. The van der Waals surface area contributed by atoms with Gasteiger partial charge >= 0.3 is 11.9 Å². The van der Waals surface area contributed by atoms with Crippen molar-refractivity contribution in [3.05, 3.63) is 58.6 Å². The number of hydrogen-bond donors (Lipinski definition) is 2. The summed E-state index contributed by atoms with van der Waals surface area (Å²) < 4.78 is 5.73. The maximum atomic E-state index is 11.5. The monoisotopic (exact) mass is 318 g/mol. The second-order valence-corrected chi connectivity index (χ2v) is 5.39. The van der Waals surface area contributed by atoms with E-state index in [1.165, 1.54) is 0 Å². The molecule has 3 rings (SSSR count). The molecular formula is C16H11ClO5. The number of carboxylic acids is 2. The van der Waals surface area contributed by atoms with Crippen molar-refractivity contribution in [3.8, 4) is 11.5 Å².